The van der Waals surface area contributed by atoms with Gasteiger partial charge in [0.25, 0.3) is 20.1 Å². The Morgan fingerprint density at radius 1 is 0.263 bits per heavy atom. The Balaban J connectivity index is 0.841. The number of para-hydroxylation sites is 4. The van der Waals surface area contributed by atoms with Crippen molar-refractivity contribution in [1.82, 2.24) is 0 Å². The highest BCUT2D eigenvalue weighted by molar-refractivity contribution is 7.03. The quantitative estimate of drug-likeness (QED) is 0.0999. The summed E-state index contributed by atoms with van der Waals surface area (Å²) in [6.45, 7) is 5.87. The molecule has 0 saturated carbocycles. The third kappa shape index (κ3) is 9.08. The van der Waals surface area contributed by atoms with E-state index in [-0.39, 0.29) is 32.0 Å². The summed E-state index contributed by atoms with van der Waals surface area (Å²) in [5.41, 5.74) is 26.1. The number of ether oxygens (including phenoxy) is 5. The molecule has 0 atom stereocenters. The highest BCUT2D eigenvalue weighted by Crippen LogP contribution is 2.51. The van der Waals surface area contributed by atoms with Crippen molar-refractivity contribution < 1.29 is 23.7 Å². The van der Waals surface area contributed by atoms with E-state index in [2.05, 4.69) is 334 Å². The van der Waals surface area contributed by atoms with Gasteiger partial charge < -0.3 is 33.5 Å². The Morgan fingerprint density at radius 3 is 1.05 bits per heavy atom. The van der Waals surface area contributed by atoms with Crippen LogP contribution in [0.25, 0.3) is 0 Å². The van der Waals surface area contributed by atoms with Gasteiger partial charge in [0.2, 0.25) is 0 Å². The summed E-state index contributed by atoms with van der Waals surface area (Å²) < 4.78 is 37.1. The molecule has 10 heteroatoms. The Hall–Kier alpha value is -12.1. The number of hydrogen-bond acceptors (Lipinski definition) is 7. The fourth-order valence-corrected chi connectivity index (χ4v) is 17.2. The van der Waals surface area contributed by atoms with Crippen LogP contribution < -0.4 is 82.6 Å². The third-order valence-electron chi connectivity index (χ3n) is 21.2. The second-order valence-electron chi connectivity index (χ2n) is 27.1. The molecule has 20 rings (SSSR count). The van der Waals surface area contributed by atoms with Gasteiger partial charge >= 0.3 is 0 Å². The van der Waals surface area contributed by atoms with Gasteiger partial charge in [-0.05, 0) is 170 Å². The van der Waals surface area contributed by atoms with Crippen molar-refractivity contribution in [2.75, 3.05) is 9.80 Å². The van der Waals surface area contributed by atoms with E-state index in [0.717, 1.165) is 163 Å². The second-order valence-corrected chi connectivity index (χ2v) is 27.1. The first-order valence-corrected chi connectivity index (χ1v) is 34.3. The minimum Gasteiger partial charge on any atom is -0.458 e. The van der Waals surface area contributed by atoms with Crippen molar-refractivity contribution in [3.8, 4) is 57.5 Å². The van der Waals surface area contributed by atoms with E-state index in [0.29, 0.717) is 0 Å². The number of aryl methyl sites for hydroxylation is 3. The Morgan fingerprint density at radius 2 is 0.616 bits per heavy atom. The van der Waals surface area contributed by atoms with Crippen LogP contribution in [0.2, 0.25) is 0 Å². The molecular weight excluding hydrogens is 1210 g/mol. The van der Waals surface area contributed by atoms with Gasteiger partial charge in [-0.2, -0.15) is 0 Å². The molecular formula is C89H61B3N2O5. The SMILES string of the molecule is Cc1cc(C)c(N2c3cc4c(cc3B3c5cc6c(cc5Oc5cc(N(c7ccccc7)c7ccccc7)cc2c53)Oc2cc(C(c3ccccc3)c3ccccc3)cc3c2B6c2ccccc2O3)B2c3ccccc3Oc3cc(C(c5ccccc5)c5ccccc5)cc(c32)O4)c(C)c1. The lowest BCUT2D eigenvalue weighted by atomic mass is 9.30. The molecule has 0 aliphatic carbocycles. The van der Waals surface area contributed by atoms with Gasteiger partial charge in [0, 0.05) is 63.7 Å². The first-order valence-electron chi connectivity index (χ1n) is 34.3. The van der Waals surface area contributed by atoms with Crippen LogP contribution in [-0.2, 0) is 0 Å². The smallest absolute Gasteiger partial charge is 0.260 e. The number of hydrogen-bond donors (Lipinski definition) is 0. The molecule has 0 fully saturated rings. The summed E-state index contributed by atoms with van der Waals surface area (Å²) in [5.74, 6) is 7.62. The maximum absolute atomic E-state index is 7.74. The molecule has 0 unspecified atom stereocenters. The predicted molar refractivity (Wildman–Crippen MR) is 404 cm³/mol. The van der Waals surface area contributed by atoms with E-state index in [9.17, 15) is 0 Å². The maximum atomic E-state index is 7.74. The van der Waals surface area contributed by atoms with Crippen molar-refractivity contribution in [3.63, 3.8) is 0 Å². The van der Waals surface area contributed by atoms with Gasteiger partial charge in [0.1, 0.15) is 57.5 Å². The van der Waals surface area contributed by atoms with E-state index in [1.165, 1.54) is 27.8 Å². The highest BCUT2D eigenvalue weighted by Gasteiger charge is 2.50. The van der Waals surface area contributed by atoms with E-state index >= 15 is 0 Å². The molecule has 99 heavy (non-hydrogen) atoms. The molecule has 14 aromatic carbocycles. The first kappa shape index (κ1) is 57.2. The number of rotatable bonds is 10. The fourth-order valence-electron chi connectivity index (χ4n) is 17.2. The summed E-state index contributed by atoms with van der Waals surface area (Å²) in [4.78, 5) is 4.87. The van der Waals surface area contributed by atoms with Crippen LogP contribution in [0.1, 0.15) is 61.9 Å². The molecule has 6 aliphatic rings. The van der Waals surface area contributed by atoms with Crippen LogP contribution in [0, 0.1) is 20.8 Å². The lowest BCUT2D eigenvalue weighted by Crippen LogP contribution is -2.64. The molecule has 7 nitrogen and oxygen atoms in total. The van der Waals surface area contributed by atoms with Crippen molar-refractivity contribution in [2.24, 2.45) is 0 Å². The monoisotopic (exact) mass is 1270 g/mol. The largest absolute Gasteiger partial charge is 0.458 e. The van der Waals surface area contributed by atoms with Crippen LogP contribution in [0.3, 0.4) is 0 Å². The fraction of sp³-hybridized carbons (Fsp3) is 0.0562. The van der Waals surface area contributed by atoms with E-state index in [1.807, 2.05) is 0 Å². The lowest BCUT2D eigenvalue weighted by Gasteiger charge is -2.43. The molecule has 6 heterocycles. The number of anilines is 6. The lowest BCUT2D eigenvalue weighted by molar-refractivity contribution is 0.455. The third-order valence-corrected chi connectivity index (χ3v) is 21.2. The van der Waals surface area contributed by atoms with Gasteiger partial charge in [0.05, 0.1) is 11.4 Å². The van der Waals surface area contributed by atoms with E-state index in [4.69, 9.17) is 23.7 Å². The summed E-state index contributed by atoms with van der Waals surface area (Å²) in [5, 5.41) is 0. The van der Waals surface area contributed by atoms with Gasteiger partial charge in [-0.1, -0.05) is 224 Å². The van der Waals surface area contributed by atoms with E-state index in [1.54, 1.807) is 0 Å². The summed E-state index contributed by atoms with van der Waals surface area (Å²) in [7, 11) is 0. The topological polar surface area (TPSA) is 52.6 Å². The highest BCUT2D eigenvalue weighted by atomic mass is 16.5. The summed E-state index contributed by atoms with van der Waals surface area (Å²) >= 11 is 0. The Bertz CT molecular complexity index is 5480. The van der Waals surface area contributed by atoms with Crippen LogP contribution in [0.4, 0.5) is 34.1 Å². The van der Waals surface area contributed by atoms with Crippen LogP contribution >= 0.6 is 0 Å². The first-order chi connectivity index (χ1) is 48.8. The standard InChI is InChI=1S/C89H61B3N2O5/c1-54-42-55(2)89(56(3)43-54)94-72-52-76-69(90-66-38-22-24-40-74(66)95-79-44-61(46-81(97-76)87(79)90)84(57-26-10-4-11-27-57)58-28-12-5-13-29-58)50-68(72)92-71-51-70-77(53-78(71)99-83-49-65(48-73(94)86(83)92)93(63-34-18-8-19-35-63)64-36-20-9-21-37-64)98-82-47-62(45-80-88(82)91(70)67-39-23-25-41-75(67)96-80)85(59-30-14-6-15-31-59)60-32-16-7-17-33-60/h4-53,84-85H,1-3H3. The molecule has 0 bridgehead atoms. The zero-order valence-corrected chi connectivity index (χ0v) is 54.7. The predicted octanol–water partition coefficient (Wildman–Crippen LogP) is 16.3. The Kier molecular flexibility index (Phi) is 13.0. The maximum Gasteiger partial charge on any atom is 0.260 e. The molecule has 466 valence electrons. The average molecular weight is 1270 g/mol. The molecule has 0 N–H and O–H groups in total. The van der Waals surface area contributed by atoms with Gasteiger partial charge in [-0.3, -0.25) is 0 Å². The summed E-state index contributed by atoms with van der Waals surface area (Å²) in [6.07, 6.45) is 0. The van der Waals surface area contributed by atoms with Crippen molar-refractivity contribution >= 4 is 103 Å². The number of nitrogens with zero attached hydrogens (tertiary/aromatic N) is 2. The molecule has 0 aromatic heterocycles. The van der Waals surface area contributed by atoms with Gasteiger partial charge in [0.15, 0.2) is 0 Å². The molecule has 0 radical (unpaired) electrons. The number of fused-ring (bicyclic) bond motifs is 12. The van der Waals surface area contributed by atoms with Crippen LogP contribution in [0.5, 0.6) is 57.5 Å². The molecule has 0 saturated heterocycles. The van der Waals surface area contributed by atoms with E-state index < -0.39 is 0 Å². The molecule has 0 spiro atoms. The van der Waals surface area contributed by atoms with Gasteiger partial charge in [-0.15, -0.1) is 0 Å². The van der Waals surface area contributed by atoms with Crippen LogP contribution in [-0.4, -0.2) is 20.1 Å². The second kappa shape index (κ2) is 22.5. The average Bonchev–Trinajstić information content (AvgIpc) is 0.694. The summed E-state index contributed by atoms with van der Waals surface area (Å²) in [6, 6.07) is 109. The van der Waals surface area contributed by atoms with Crippen LogP contribution in [0.15, 0.2) is 303 Å². The molecule has 0 amide bonds. The zero-order valence-electron chi connectivity index (χ0n) is 54.7. The van der Waals surface area contributed by atoms with Crippen molar-refractivity contribution in [2.45, 2.75) is 32.6 Å². The minimum atomic E-state index is -0.353. The minimum absolute atomic E-state index is 0.0929. The van der Waals surface area contributed by atoms with Gasteiger partial charge in [-0.25, -0.2) is 0 Å². The molecule has 14 aromatic rings. The van der Waals surface area contributed by atoms with Crippen molar-refractivity contribution in [3.05, 3.63) is 353 Å². The molecule has 6 aliphatic heterocycles. The Labute approximate surface area is 577 Å². The number of benzene rings is 14. The normalized spacial score (nSPS) is 13.3. The zero-order chi connectivity index (χ0) is 65.6. The van der Waals surface area contributed by atoms with Crippen molar-refractivity contribution in [1.29, 1.82) is 0 Å².